The Balaban J connectivity index is 2.11. The van der Waals surface area contributed by atoms with Gasteiger partial charge in [0, 0.05) is 12.1 Å². The number of halogens is 1. The average molecular weight is 338 g/mol. The quantitative estimate of drug-likeness (QED) is 0.633. The number of fused-ring (bicyclic) bond motifs is 1. The van der Waals surface area contributed by atoms with Crippen molar-refractivity contribution in [3.63, 3.8) is 0 Å². The molecule has 0 saturated carbocycles. The molecular weight excluding hydrogens is 327 g/mol. The van der Waals surface area contributed by atoms with Crippen LogP contribution in [0.1, 0.15) is 5.56 Å². The maximum Gasteiger partial charge on any atom is 0.307 e. The largest absolute Gasteiger partial charge is 0.473 e. The molecule has 0 bridgehead atoms. The van der Waals surface area contributed by atoms with Crippen LogP contribution >= 0.6 is 0 Å². The summed E-state index contributed by atoms with van der Waals surface area (Å²) in [6.45, 7) is -0.0255. The SMILES string of the molecule is O=[N+]([O-])c1cc2c(cc1F)OCS(=O)(=O)N2Cc1ccccc1. The van der Waals surface area contributed by atoms with E-state index in [0.717, 1.165) is 16.4 Å². The van der Waals surface area contributed by atoms with Crippen molar-refractivity contribution in [1.82, 2.24) is 0 Å². The van der Waals surface area contributed by atoms with Crippen LogP contribution in [0.4, 0.5) is 15.8 Å². The van der Waals surface area contributed by atoms with Gasteiger partial charge in [0.2, 0.25) is 11.8 Å². The van der Waals surface area contributed by atoms with E-state index in [9.17, 15) is 22.9 Å². The van der Waals surface area contributed by atoms with Gasteiger partial charge in [0.25, 0.3) is 10.0 Å². The molecule has 2 aromatic rings. The van der Waals surface area contributed by atoms with Gasteiger partial charge in [0.15, 0.2) is 0 Å². The van der Waals surface area contributed by atoms with Gasteiger partial charge < -0.3 is 4.74 Å². The van der Waals surface area contributed by atoms with Crippen molar-refractivity contribution in [1.29, 1.82) is 0 Å². The Morgan fingerprint density at radius 2 is 1.96 bits per heavy atom. The van der Waals surface area contributed by atoms with E-state index in [0.29, 0.717) is 5.56 Å². The molecule has 0 aliphatic carbocycles. The predicted octanol–water partition coefficient (Wildman–Crippen LogP) is 2.42. The van der Waals surface area contributed by atoms with Gasteiger partial charge in [-0.1, -0.05) is 30.3 Å². The van der Waals surface area contributed by atoms with Gasteiger partial charge in [-0.05, 0) is 5.56 Å². The zero-order valence-electron chi connectivity index (χ0n) is 11.7. The first-order chi connectivity index (χ1) is 10.9. The standard InChI is InChI=1S/C14H11FN2O5S/c15-11-6-14-13(7-12(11)17(18)19)16(23(20,21)9-22-14)8-10-4-2-1-3-5-10/h1-7H,8-9H2. The molecule has 0 N–H and O–H groups in total. The van der Waals surface area contributed by atoms with Crippen LogP contribution in [0.2, 0.25) is 0 Å². The summed E-state index contributed by atoms with van der Waals surface area (Å²) >= 11 is 0. The van der Waals surface area contributed by atoms with Gasteiger partial charge >= 0.3 is 5.69 Å². The Morgan fingerprint density at radius 3 is 2.61 bits per heavy atom. The lowest BCUT2D eigenvalue weighted by atomic mass is 10.2. The van der Waals surface area contributed by atoms with Crippen molar-refractivity contribution in [3.05, 3.63) is 64.0 Å². The number of ether oxygens (including phenoxy) is 1. The molecule has 0 amide bonds. The minimum atomic E-state index is -3.82. The minimum Gasteiger partial charge on any atom is -0.473 e. The molecule has 0 saturated heterocycles. The fraction of sp³-hybridized carbons (Fsp3) is 0.143. The highest BCUT2D eigenvalue weighted by molar-refractivity contribution is 7.92. The number of rotatable bonds is 3. The van der Waals surface area contributed by atoms with Gasteiger partial charge in [0.1, 0.15) is 11.4 Å². The highest BCUT2D eigenvalue weighted by atomic mass is 32.2. The van der Waals surface area contributed by atoms with Crippen LogP contribution in [0.15, 0.2) is 42.5 Å². The number of sulfonamides is 1. The second-order valence-electron chi connectivity index (χ2n) is 4.89. The van der Waals surface area contributed by atoms with E-state index in [4.69, 9.17) is 4.74 Å². The Morgan fingerprint density at radius 1 is 1.26 bits per heavy atom. The topological polar surface area (TPSA) is 89.7 Å². The highest BCUT2D eigenvalue weighted by Gasteiger charge is 2.34. The molecule has 1 aliphatic heterocycles. The van der Waals surface area contributed by atoms with Gasteiger partial charge in [-0.25, -0.2) is 8.42 Å². The third kappa shape index (κ3) is 2.82. The fourth-order valence-corrected chi connectivity index (χ4v) is 3.46. The molecule has 0 spiro atoms. The van der Waals surface area contributed by atoms with Crippen LogP contribution in [-0.4, -0.2) is 19.3 Å². The van der Waals surface area contributed by atoms with Crippen molar-refractivity contribution in [3.8, 4) is 5.75 Å². The van der Waals surface area contributed by atoms with Gasteiger partial charge in [-0.15, -0.1) is 0 Å². The first kappa shape index (κ1) is 15.2. The summed E-state index contributed by atoms with van der Waals surface area (Å²) in [4.78, 5) is 9.99. The lowest BCUT2D eigenvalue weighted by molar-refractivity contribution is -0.387. The molecule has 7 nitrogen and oxygen atoms in total. The predicted molar refractivity (Wildman–Crippen MR) is 80.1 cm³/mol. The maximum absolute atomic E-state index is 13.7. The van der Waals surface area contributed by atoms with E-state index >= 15 is 0 Å². The van der Waals surface area contributed by atoms with E-state index < -0.39 is 32.4 Å². The third-order valence-corrected chi connectivity index (χ3v) is 4.78. The number of anilines is 1. The van der Waals surface area contributed by atoms with Gasteiger partial charge in [-0.2, -0.15) is 4.39 Å². The summed E-state index contributed by atoms with van der Waals surface area (Å²) in [6.07, 6.45) is 0. The third-order valence-electron chi connectivity index (χ3n) is 3.36. The van der Waals surface area contributed by atoms with E-state index in [-0.39, 0.29) is 18.0 Å². The van der Waals surface area contributed by atoms with E-state index in [2.05, 4.69) is 0 Å². The fourth-order valence-electron chi connectivity index (χ4n) is 2.27. The number of benzene rings is 2. The van der Waals surface area contributed by atoms with Crippen molar-refractivity contribution >= 4 is 21.4 Å². The Kier molecular flexibility index (Phi) is 3.64. The maximum atomic E-state index is 13.7. The first-order valence-corrected chi connectivity index (χ1v) is 8.14. The second kappa shape index (κ2) is 5.51. The molecule has 23 heavy (non-hydrogen) atoms. The normalized spacial score (nSPS) is 15.6. The minimum absolute atomic E-state index is 0.0255. The van der Waals surface area contributed by atoms with E-state index in [1.165, 1.54) is 0 Å². The lowest BCUT2D eigenvalue weighted by Crippen LogP contribution is -2.38. The zero-order valence-corrected chi connectivity index (χ0v) is 12.5. The van der Waals surface area contributed by atoms with Crippen LogP contribution in [-0.2, 0) is 16.6 Å². The first-order valence-electron chi connectivity index (χ1n) is 6.53. The monoisotopic (exact) mass is 338 g/mol. The molecule has 0 radical (unpaired) electrons. The van der Waals surface area contributed by atoms with Crippen LogP contribution in [0.3, 0.4) is 0 Å². The molecular formula is C14H11FN2O5S. The number of nitro benzene ring substituents is 1. The van der Waals surface area contributed by atoms with Gasteiger partial charge in [-0.3, -0.25) is 14.4 Å². The van der Waals surface area contributed by atoms with Crippen LogP contribution < -0.4 is 9.04 Å². The Hall–Kier alpha value is -2.68. The van der Waals surface area contributed by atoms with Crippen LogP contribution in [0.25, 0.3) is 0 Å². The summed E-state index contributed by atoms with van der Waals surface area (Å²) in [5.74, 6) is -1.77. The molecule has 1 heterocycles. The van der Waals surface area contributed by atoms with Crippen molar-refractivity contribution < 1.29 is 22.5 Å². The molecule has 0 atom stereocenters. The summed E-state index contributed by atoms with van der Waals surface area (Å²) < 4.78 is 44.2. The van der Waals surface area contributed by atoms with Crippen LogP contribution in [0, 0.1) is 15.9 Å². The molecule has 120 valence electrons. The lowest BCUT2D eigenvalue weighted by Gasteiger charge is -2.30. The van der Waals surface area contributed by atoms with Crippen molar-refractivity contribution in [2.24, 2.45) is 0 Å². The summed E-state index contributed by atoms with van der Waals surface area (Å²) in [7, 11) is -3.82. The van der Waals surface area contributed by atoms with Crippen molar-refractivity contribution in [2.75, 3.05) is 10.2 Å². The number of nitro groups is 1. The molecule has 1 aliphatic rings. The molecule has 0 aromatic heterocycles. The van der Waals surface area contributed by atoms with Crippen molar-refractivity contribution in [2.45, 2.75) is 6.54 Å². The van der Waals surface area contributed by atoms with Gasteiger partial charge in [0.05, 0.1) is 11.5 Å². The number of hydrogen-bond donors (Lipinski definition) is 0. The van der Waals surface area contributed by atoms with E-state index in [1.807, 2.05) is 0 Å². The molecule has 3 rings (SSSR count). The molecule has 0 fully saturated rings. The average Bonchev–Trinajstić information content (AvgIpc) is 2.51. The summed E-state index contributed by atoms with van der Waals surface area (Å²) in [5, 5.41) is 10.9. The molecule has 9 heteroatoms. The molecule has 0 unspecified atom stereocenters. The zero-order chi connectivity index (χ0) is 16.6. The molecule has 2 aromatic carbocycles. The van der Waals surface area contributed by atoms with E-state index in [1.54, 1.807) is 30.3 Å². The number of nitrogens with zero attached hydrogens (tertiary/aromatic N) is 2. The number of hydrogen-bond acceptors (Lipinski definition) is 5. The smallest absolute Gasteiger partial charge is 0.307 e. The Bertz CT molecular complexity index is 870. The highest BCUT2D eigenvalue weighted by Crippen LogP contribution is 2.39. The summed E-state index contributed by atoms with van der Waals surface area (Å²) in [5.41, 5.74) is -0.161. The second-order valence-corrected chi connectivity index (χ2v) is 6.74. The Labute approximate surface area is 131 Å². The van der Waals surface area contributed by atoms with Crippen LogP contribution in [0.5, 0.6) is 5.75 Å². The summed E-state index contributed by atoms with van der Waals surface area (Å²) in [6, 6.07) is 10.4.